The highest BCUT2D eigenvalue weighted by Crippen LogP contribution is 2.25. The molecule has 0 bridgehead atoms. The van der Waals surface area contributed by atoms with E-state index in [4.69, 9.17) is 0 Å². The first kappa shape index (κ1) is 14.3. The van der Waals surface area contributed by atoms with E-state index in [-0.39, 0.29) is 12.0 Å². The Hall–Kier alpha value is -1.08. The molecule has 1 nitrogen and oxygen atoms in total. The van der Waals surface area contributed by atoms with Gasteiger partial charge >= 0.3 is 0 Å². The van der Waals surface area contributed by atoms with E-state index < -0.39 is 23.6 Å². The van der Waals surface area contributed by atoms with Crippen LogP contribution in [0.5, 0.6) is 0 Å². The Labute approximate surface area is 122 Å². The summed E-state index contributed by atoms with van der Waals surface area (Å²) in [5.41, 5.74) is 0.582. The molecule has 0 spiro atoms. The van der Waals surface area contributed by atoms with Gasteiger partial charge < -0.3 is 5.11 Å². The van der Waals surface area contributed by atoms with Gasteiger partial charge in [-0.1, -0.05) is 6.07 Å². The van der Waals surface area contributed by atoms with Gasteiger partial charge in [0.05, 0.1) is 6.10 Å². The smallest absolute Gasteiger partial charge is 0.126 e. The number of hydrogen-bond donors (Lipinski definition) is 1. The van der Waals surface area contributed by atoms with Gasteiger partial charge in [0.2, 0.25) is 0 Å². The maximum atomic E-state index is 13.5. The standard InChI is InChI=1S/C14H10F3IO/c15-9-2-4-12(17)8(5-9)6-14(19)11-3-1-10(16)7-13(11)18/h1-5,7,14,19H,6H2. The van der Waals surface area contributed by atoms with Crippen molar-refractivity contribution >= 4 is 22.6 Å². The van der Waals surface area contributed by atoms with Crippen molar-refractivity contribution < 1.29 is 18.3 Å². The normalized spacial score (nSPS) is 12.5. The third-order valence-electron chi connectivity index (χ3n) is 2.74. The van der Waals surface area contributed by atoms with E-state index in [2.05, 4.69) is 0 Å². The van der Waals surface area contributed by atoms with Crippen LogP contribution in [-0.2, 0) is 6.42 Å². The number of hydrogen-bond acceptors (Lipinski definition) is 1. The molecule has 0 radical (unpaired) electrons. The summed E-state index contributed by atoms with van der Waals surface area (Å²) >= 11 is 1.89. The first-order chi connectivity index (χ1) is 8.97. The van der Waals surface area contributed by atoms with Crippen LogP contribution in [-0.4, -0.2) is 5.11 Å². The van der Waals surface area contributed by atoms with E-state index in [1.807, 2.05) is 22.6 Å². The van der Waals surface area contributed by atoms with Crippen molar-refractivity contribution in [2.75, 3.05) is 0 Å². The van der Waals surface area contributed by atoms with Crippen LogP contribution in [0.4, 0.5) is 13.2 Å². The van der Waals surface area contributed by atoms with Crippen molar-refractivity contribution in [2.45, 2.75) is 12.5 Å². The fourth-order valence-corrected chi connectivity index (χ4v) is 2.63. The van der Waals surface area contributed by atoms with Gasteiger partial charge in [-0.2, -0.15) is 0 Å². The molecule has 1 N–H and O–H groups in total. The minimum atomic E-state index is -1.01. The second-order valence-electron chi connectivity index (χ2n) is 4.12. The number of halogens is 4. The van der Waals surface area contributed by atoms with Crippen LogP contribution >= 0.6 is 22.6 Å². The highest BCUT2D eigenvalue weighted by atomic mass is 127. The topological polar surface area (TPSA) is 20.2 Å². The number of benzene rings is 2. The average molecular weight is 378 g/mol. The van der Waals surface area contributed by atoms with Crippen LogP contribution < -0.4 is 0 Å². The Morgan fingerprint density at radius 1 is 1.00 bits per heavy atom. The van der Waals surface area contributed by atoms with Crippen LogP contribution in [0, 0.1) is 21.0 Å². The molecule has 5 heteroatoms. The first-order valence-corrected chi connectivity index (χ1v) is 6.62. The Bertz CT molecular complexity index is 601. The molecule has 0 saturated heterocycles. The molecule has 0 heterocycles. The minimum absolute atomic E-state index is 0.0643. The predicted molar refractivity (Wildman–Crippen MR) is 74.1 cm³/mol. The zero-order chi connectivity index (χ0) is 14.0. The lowest BCUT2D eigenvalue weighted by Gasteiger charge is -2.13. The quantitative estimate of drug-likeness (QED) is 0.802. The summed E-state index contributed by atoms with van der Waals surface area (Å²) in [5, 5.41) is 10.0. The fraction of sp³-hybridized carbons (Fsp3) is 0.143. The van der Waals surface area contributed by atoms with E-state index in [1.54, 1.807) is 0 Å². The second kappa shape index (κ2) is 5.92. The molecule has 0 aliphatic carbocycles. The maximum Gasteiger partial charge on any atom is 0.126 e. The summed E-state index contributed by atoms with van der Waals surface area (Å²) < 4.78 is 40.0. The van der Waals surface area contributed by atoms with Crippen molar-refractivity contribution in [1.29, 1.82) is 0 Å². The molecule has 2 rings (SSSR count). The van der Waals surface area contributed by atoms with Gasteiger partial charge in [-0.3, -0.25) is 0 Å². The van der Waals surface area contributed by atoms with Crippen LogP contribution in [0.25, 0.3) is 0 Å². The Balaban J connectivity index is 2.25. The van der Waals surface area contributed by atoms with Crippen LogP contribution in [0.1, 0.15) is 17.2 Å². The molecule has 0 fully saturated rings. The summed E-state index contributed by atoms with van der Waals surface area (Å²) in [6.07, 6.45) is -1.07. The monoisotopic (exact) mass is 378 g/mol. The molecule has 100 valence electrons. The van der Waals surface area contributed by atoms with Gasteiger partial charge in [0.25, 0.3) is 0 Å². The molecule has 0 saturated carbocycles. The Kier molecular flexibility index (Phi) is 4.46. The van der Waals surface area contributed by atoms with Gasteiger partial charge in [-0.15, -0.1) is 0 Å². The van der Waals surface area contributed by atoms with E-state index in [0.717, 1.165) is 18.2 Å². The van der Waals surface area contributed by atoms with Crippen LogP contribution in [0.15, 0.2) is 36.4 Å². The van der Waals surface area contributed by atoms with Crippen LogP contribution in [0.2, 0.25) is 0 Å². The zero-order valence-electron chi connectivity index (χ0n) is 9.71. The number of aliphatic hydroxyl groups is 1. The summed E-state index contributed by atoms with van der Waals surface area (Å²) in [7, 11) is 0. The fourth-order valence-electron chi connectivity index (χ4n) is 1.79. The first-order valence-electron chi connectivity index (χ1n) is 5.54. The molecule has 2 aromatic rings. The second-order valence-corrected chi connectivity index (χ2v) is 5.28. The SMILES string of the molecule is OC(Cc1cc(F)ccc1F)c1ccc(F)cc1I. The Morgan fingerprint density at radius 2 is 1.63 bits per heavy atom. The molecule has 19 heavy (non-hydrogen) atoms. The van der Waals surface area contributed by atoms with Crippen molar-refractivity contribution in [2.24, 2.45) is 0 Å². The summed E-state index contributed by atoms with van der Waals surface area (Å²) in [4.78, 5) is 0. The van der Waals surface area contributed by atoms with Crippen LogP contribution in [0.3, 0.4) is 0 Å². The summed E-state index contributed by atoms with van der Waals surface area (Å²) in [6, 6.07) is 7.04. The zero-order valence-corrected chi connectivity index (χ0v) is 11.9. The minimum Gasteiger partial charge on any atom is -0.388 e. The average Bonchev–Trinajstić information content (AvgIpc) is 2.33. The molecule has 0 amide bonds. The van der Waals surface area contributed by atoms with Gasteiger partial charge in [0, 0.05) is 9.99 Å². The van der Waals surface area contributed by atoms with Gasteiger partial charge in [0.1, 0.15) is 17.5 Å². The molecule has 2 aromatic carbocycles. The van der Waals surface area contributed by atoms with Crippen molar-refractivity contribution in [3.05, 3.63) is 68.5 Å². The molecule has 1 atom stereocenters. The third-order valence-corrected chi connectivity index (χ3v) is 3.68. The van der Waals surface area contributed by atoms with E-state index in [9.17, 15) is 18.3 Å². The molecular formula is C14H10F3IO. The van der Waals surface area contributed by atoms with Gasteiger partial charge in [-0.05, 0) is 64.0 Å². The number of aliphatic hydroxyl groups excluding tert-OH is 1. The molecular weight excluding hydrogens is 368 g/mol. The maximum absolute atomic E-state index is 13.5. The Morgan fingerprint density at radius 3 is 2.32 bits per heavy atom. The largest absolute Gasteiger partial charge is 0.388 e. The summed E-state index contributed by atoms with van der Waals surface area (Å²) in [5.74, 6) is -1.53. The van der Waals surface area contributed by atoms with E-state index >= 15 is 0 Å². The third kappa shape index (κ3) is 3.48. The highest BCUT2D eigenvalue weighted by Gasteiger charge is 2.15. The lowest BCUT2D eigenvalue weighted by molar-refractivity contribution is 0.176. The van der Waals surface area contributed by atoms with Crippen molar-refractivity contribution in [1.82, 2.24) is 0 Å². The molecule has 0 aliphatic heterocycles. The van der Waals surface area contributed by atoms with Gasteiger partial charge in [-0.25, -0.2) is 13.2 Å². The van der Waals surface area contributed by atoms with E-state index in [1.165, 1.54) is 18.2 Å². The lowest BCUT2D eigenvalue weighted by atomic mass is 10.0. The van der Waals surface area contributed by atoms with Crippen molar-refractivity contribution in [3.8, 4) is 0 Å². The van der Waals surface area contributed by atoms with Crippen molar-refractivity contribution in [3.63, 3.8) is 0 Å². The summed E-state index contributed by atoms with van der Waals surface area (Å²) in [6.45, 7) is 0. The highest BCUT2D eigenvalue weighted by molar-refractivity contribution is 14.1. The molecule has 0 aromatic heterocycles. The lowest BCUT2D eigenvalue weighted by Crippen LogP contribution is -2.06. The van der Waals surface area contributed by atoms with Gasteiger partial charge in [0.15, 0.2) is 0 Å². The molecule has 0 aliphatic rings. The number of rotatable bonds is 3. The predicted octanol–water partition coefficient (Wildman–Crippen LogP) is 3.98. The van der Waals surface area contributed by atoms with E-state index in [0.29, 0.717) is 9.13 Å². The molecule has 1 unspecified atom stereocenters.